The van der Waals surface area contributed by atoms with Crippen molar-refractivity contribution in [1.82, 2.24) is 10.6 Å². The molecular formula is C13H20N2O2S2. The Labute approximate surface area is 122 Å². The first-order valence-corrected chi connectivity index (χ1v) is 8.54. The van der Waals surface area contributed by atoms with Gasteiger partial charge in [0.15, 0.2) is 0 Å². The molecule has 0 bridgehead atoms. The zero-order chi connectivity index (χ0) is 13.7. The number of hydrogen-bond donors (Lipinski definition) is 3. The van der Waals surface area contributed by atoms with E-state index >= 15 is 0 Å². The molecule has 1 saturated heterocycles. The zero-order valence-electron chi connectivity index (χ0n) is 11.0. The topological polar surface area (TPSA) is 61.4 Å². The number of rotatable bonds is 5. The van der Waals surface area contributed by atoms with Crippen molar-refractivity contribution < 1.29 is 9.90 Å². The number of aliphatic hydroxyl groups is 1. The molecule has 19 heavy (non-hydrogen) atoms. The summed E-state index contributed by atoms with van der Waals surface area (Å²) in [7, 11) is 0. The normalized spacial score (nSPS) is 24.1. The Morgan fingerprint density at radius 2 is 2.47 bits per heavy atom. The van der Waals surface area contributed by atoms with Crippen LogP contribution in [0, 0.1) is 0 Å². The Balaban J connectivity index is 1.80. The van der Waals surface area contributed by atoms with Gasteiger partial charge in [-0.05, 0) is 30.0 Å². The van der Waals surface area contributed by atoms with Crippen LogP contribution >= 0.6 is 23.1 Å². The Morgan fingerprint density at radius 3 is 3.05 bits per heavy atom. The molecule has 2 atom stereocenters. The third kappa shape index (κ3) is 4.12. The van der Waals surface area contributed by atoms with Crippen LogP contribution in [0.5, 0.6) is 0 Å². The molecule has 2 heterocycles. The maximum atomic E-state index is 11.9. The fraction of sp³-hybridized carbons (Fsp3) is 0.615. The minimum absolute atomic E-state index is 0.0487. The minimum Gasteiger partial charge on any atom is -0.387 e. The Kier molecular flexibility index (Phi) is 5.13. The summed E-state index contributed by atoms with van der Waals surface area (Å²) in [5.74, 6) is 1.67. The molecule has 6 heteroatoms. The van der Waals surface area contributed by atoms with E-state index in [0.29, 0.717) is 12.3 Å². The molecule has 3 N–H and O–H groups in total. The number of thioether (sulfide) groups is 1. The van der Waals surface area contributed by atoms with E-state index in [4.69, 9.17) is 0 Å². The number of hydrogen-bond acceptors (Lipinski definition) is 4. The van der Waals surface area contributed by atoms with Crippen molar-refractivity contribution >= 4 is 29.1 Å². The molecular weight excluding hydrogens is 280 g/mol. The molecule has 0 aromatic carbocycles. The van der Waals surface area contributed by atoms with Crippen LogP contribution in [0.4, 0.5) is 4.79 Å². The van der Waals surface area contributed by atoms with E-state index in [1.165, 1.54) is 0 Å². The fourth-order valence-electron chi connectivity index (χ4n) is 2.05. The highest BCUT2D eigenvalue weighted by atomic mass is 32.2. The van der Waals surface area contributed by atoms with Crippen molar-refractivity contribution in [2.24, 2.45) is 0 Å². The van der Waals surface area contributed by atoms with Gasteiger partial charge < -0.3 is 15.7 Å². The molecule has 0 spiro atoms. The molecule has 1 aliphatic rings. The summed E-state index contributed by atoms with van der Waals surface area (Å²) >= 11 is 3.37. The Morgan fingerprint density at radius 1 is 1.63 bits per heavy atom. The molecule has 0 radical (unpaired) electrons. The molecule has 0 saturated carbocycles. The maximum absolute atomic E-state index is 11.9. The maximum Gasteiger partial charge on any atom is 0.315 e. The molecule has 2 unspecified atom stereocenters. The van der Waals surface area contributed by atoms with E-state index in [9.17, 15) is 9.90 Å². The third-order valence-electron chi connectivity index (χ3n) is 3.26. The number of amides is 2. The Hall–Kier alpha value is -0.720. The van der Waals surface area contributed by atoms with Crippen molar-refractivity contribution in [1.29, 1.82) is 0 Å². The monoisotopic (exact) mass is 300 g/mol. The predicted molar refractivity (Wildman–Crippen MR) is 80.8 cm³/mol. The summed E-state index contributed by atoms with van der Waals surface area (Å²) in [6.45, 7) is 2.37. The summed E-state index contributed by atoms with van der Waals surface area (Å²) in [6, 6.07) is 3.86. The molecule has 106 valence electrons. The summed E-state index contributed by atoms with van der Waals surface area (Å²) in [4.78, 5) is 13.0. The van der Waals surface area contributed by atoms with Gasteiger partial charge in [-0.2, -0.15) is 11.8 Å². The van der Waals surface area contributed by atoms with Crippen LogP contribution in [0.25, 0.3) is 0 Å². The van der Waals surface area contributed by atoms with E-state index in [1.54, 1.807) is 23.1 Å². The van der Waals surface area contributed by atoms with Crippen molar-refractivity contribution in [2.75, 3.05) is 18.1 Å². The van der Waals surface area contributed by atoms with Crippen LogP contribution in [0.1, 0.15) is 30.7 Å². The Bertz CT molecular complexity index is 403. The highest BCUT2D eigenvalue weighted by Crippen LogP contribution is 2.27. The van der Waals surface area contributed by atoms with Gasteiger partial charge in [0, 0.05) is 17.2 Å². The molecule has 1 aliphatic heterocycles. The summed E-state index contributed by atoms with van der Waals surface area (Å²) in [6.07, 6.45) is 1.61. The van der Waals surface area contributed by atoms with Gasteiger partial charge in [-0.1, -0.05) is 13.0 Å². The summed E-state index contributed by atoms with van der Waals surface area (Å²) in [5.41, 5.74) is -0.730. The number of thiophene rings is 1. The molecule has 1 fully saturated rings. The lowest BCUT2D eigenvalue weighted by Crippen LogP contribution is -2.47. The highest BCUT2D eigenvalue weighted by Gasteiger charge is 2.32. The predicted octanol–water partition coefficient (Wildman–Crippen LogP) is 2.37. The van der Waals surface area contributed by atoms with Crippen molar-refractivity contribution in [3.63, 3.8) is 0 Å². The van der Waals surface area contributed by atoms with Gasteiger partial charge in [-0.25, -0.2) is 4.79 Å². The second kappa shape index (κ2) is 6.63. The van der Waals surface area contributed by atoms with Crippen LogP contribution in [0.15, 0.2) is 17.5 Å². The molecule has 1 aromatic rings. The number of carbonyl (C=O) groups excluding carboxylic acids is 1. The number of carbonyl (C=O) groups is 1. The van der Waals surface area contributed by atoms with Crippen molar-refractivity contribution in [3.05, 3.63) is 22.4 Å². The van der Waals surface area contributed by atoms with Gasteiger partial charge in [0.1, 0.15) is 0 Å². The van der Waals surface area contributed by atoms with Crippen molar-refractivity contribution in [2.45, 2.75) is 31.4 Å². The third-order valence-corrected chi connectivity index (χ3v) is 5.48. The zero-order valence-corrected chi connectivity index (χ0v) is 12.6. The van der Waals surface area contributed by atoms with E-state index < -0.39 is 5.60 Å². The minimum atomic E-state index is -0.730. The summed E-state index contributed by atoms with van der Waals surface area (Å²) in [5, 5.41) is 17.9. The van der Waals surface area contributed by atoms with Crippen LogP contribution in [0.3, 0.4) is 0 Å². The van der Waals surface area contributed by atoms with Crippen LogP contribution in [0.2, 0.25) is 0 Å². The first-order valence-electron chi connectivity index (χ1n) is 6.51. The van der Waals surface area contributed by atoms with Crippen LogP contribution < -0.4 is 10.6 Å². The molecule has 4 nitrogen and oxygen atoms in total. The SMILES string of the molecule is CCC(NC(=O)NCC1(O)CCSC1)c1cccs1. The van der Waals surface area contributed by atoms with E-state index in [0.717, 1.165) is 23.5 Å². The average Bonchev–Trinajstić information content (AvgIpc) is 3.05. The first kappa shape index (κ1) is 14.7. The number of urea groups is 1. The first-order chi connectivity index (χ1) is 9.13. The molecule has 2 amide bonds. The quantitative estimate of drug-likeness (QED) is 0.782. The lowest BCUT2D eigenvalue weighted by Gasteiger charge is -2.23. The molecule has 1 aromatic heterocycles. The lowest BCUT2D eigenvalue weighted by atomic mass is 10.0. The standard InChI is InChI=1S/C13H20N2O2S2/c1-2-10(11-4-3-6-19-11)15-12(16)14-8-13(17)5-7-18-9-13/h3-4,6,10,17H,2,5,7-9H2,1H3,(H2,14,15,16). The van der Waals surface area contributed by atoms with Gasteiger partial charge in [-0.3, -0.25) is 0 Å². The fourth-order valence-corrected chi connectivity index (χ4v) is 4.21. The summed E-state index contributed by atoms with van der Waals surface area (Å²) < 4.78 is 0. The van der Waals surface area contributed by atoms with E-state index in [2.05, 4.69) is 10.6 Å². The average molecular weight is 300 g/mol. The van der Waals surface area contributed by atoms with Gasteiger partial charge in [0.05, 0.1) is 11.6 Å². The lowest BCUT2D eigenvalue weighted by molar-refractivity contribution is 0.0698. The highest BCUT2D eigenvalue weighted by molar-refractivity contribution is 7.99. The van der Waals surface area contributed by atoms with Gasteiger partial charge in [0.25, 0.3) is 0 Å². The largest absolute Gasteiger partial charge is 0.387 e. The van der Waals surface area contributed by atoms with E-state index in [-0.39, 0.29) is 12.1 Å². The smallest absolute Gasteiger partial charge is 0.315 e. The van der Waals surface area contributed by atoms with Gasteiger partial charge in [0.2, 0.25) is 0 Å². The molecule has 0 aliphatic carbocycles. The van der Waals surface area contributed by atoms with Gasteiger partial charge >= 0.3 is 6.03 Å². The second-order valence-corrected chi connectivity index (χ2v) is 6.91. The van der Waals surface area contributed by atoms with Crippen LogP contribution in [-0.4, -0.2) is 34.8 Å². The molecule has 2 rings (SSSR count). The number of nitrogens with one attached hydrogen (secondary N) is 2. The van der Waals surface area contributed by atoms with E-state index in [1.807, 2.05) is 24.4 Å². The van der Waals surface area contributed by atoms with Gasteiger partial charge in [-0.15, -0.1) is 11.3 Å². The van der Waals surface area contributed by atoms with Crippen LogP contribution in [-0.2, 0) is 0 Å². The second-order valence-electron chi connectivity index (χ2n) is 4.83. The van der Waals surface area contributed by atoms with Crippen molar-refractivity contribution in [3.8, 4) is 0 Å².